The molecule has 3 rings (SSSR count). The number of hydrogen-bond acceptors (Lipinski definition) is 2. The SMILES string of the molecule is Cc1c(C#N)c(NC(=O)C[NH+](C)Cc2ccccc2)n(-c2cccc(F)c2)c1C. The van der Waals surface area contributed by atoms with Crippen molar-refractivity contribution in [3.8, 4) is 11.8 Å². The smallest absolute Gasteiger partial charge is 0.280 e. The summed E-state index contributed by atoms with van der Waals surface area (Å²) in [6, 6.07) is 18.2. The molecule has 1 heterocycles. The molecule has 0 saturated heterocycles. The van der Waals surface area contributed by atoms with Crippen molar-refractivity contribution in [2.45, 2.75) is 20.4 Å². The maximum Gasteiger partial charge on any atom is 0.280 e. The molecule has 0 spiro atoms. The van der Waals surface area contributed by atoms with Gasteiger partial charge in [0, 0.05) is 11.3 Å². The van der Waals surface area contributed by atoms with Crippen LogP contribution in [-0.4, -0.2) is 24.1 Å². The summed E-state index contributed by atoms with van der Waals surface area (Å²) in [6.45, 7) is 4.63. The number of carbonyl (C=O) groups excluding carboxylic acids is 1. The molecule has 5 nitrogen and oxygen atoms in total. The van der Waals surface area contributed by atoms with Crippen molar-refractivity contribution in [2.75, 3.05) is 18.9 Å². The first-order valence-electron chi connectivity index (χ1n) is 9.43. The monoisotopic (exact) mass is 391 g/mol. The first-order valence-corrected chi connectivity index (χ1v) is 9.43. The van der Waals surface area contributed by atoms with Gasteiger partial charge in [0.25, 0.3) is 5.91 Å². The van der Waals surface area contributed by atoms with Crippen LogP contribution >= 0.6 is 0 Å². The largest absolute Gasteiger partial charge is 0.326 e. The predicted octanol–water partition coefficient (Wildman–Crippen LogP) is 2.76. The van der Waals surface area contributed by atoms with Crippen LogP contribution in [-0.2, 0) is 11.3 Å². The third kappa shape index (κ3) is 4.53. The lowest BCUT2D eigenvalue weighted by atomic mass is 10.2. The van der Waals surface area contributed by atoms with Crippen molar-refractivity contribution in [3.63, 3.8) is 0 Å². The van der Waals surface area contributed by atoms with E-state index in [0.717, 1.165) is 21.7 Å². The van der Waals surface area contributed by atoms with Crippen LogP contribution in [0.2, 0.25) is 0 Å². The van der Waals surface area contributed by atoms with Crippen LogP contribution in [0.3, 0.4) is 0 Å². The average Bonchev–Trinajstić information content (AvgIpc) is 2.91. The van der Waals surface area contributed by atoms with Crippen LogP contribution in [0.25, 0.3) is 5.69 Å². The number of halogens is 1. The number of hydrogen-bond donors (Lipinski definition) is 2. The van der Waals surface area contributed by atoms with Crippen LogP contribution in [0.5, 0.6) is 0 Å². The quantitative estimate of drug-likeness (QED) is 0.679. The van der Waals surface area contributed by atoms with Crippen molar-refractivity contribution >= 4 is 11.7 Å². The summed E-state index contributed by atoms with van der Waals surface area (Å²) in [4.78, 5) is 13.7. The number of aromatic nitrogens is 1. The molecule has 1 atom stereocenters. The highest BCUT2D eigenvalue weighted by Crippen LogP contribution is 2.30. The van der Waals surface area contributed by atoms with Gasteiger partial charge >= 0.3 is 0 Å². The van der Waals surface area contributed by atoms with E-state index in [2.05, 4.69) is 11.4 Å². The second kappa shape index (κ2) is 8.72. The van der Waals surface area contributed by atoms with Gasteiger partial charge in [0.1, 0.15) is 24.2 Å². The fourth-order valence-electron chi connectivity index (χ4n) is 3.46. The Morgan fingerprint density at radius 2 is 1.90 bits per heavy atom. The molecule has 0 aliphatic heterocycles. The van der Waals surface area contributed by atoms with E-state index >= 15 is 0 Å². The summed E-state index contributed by atoms with van der Waals surface area (Å²) in [6.07, 6.45) is 0. The Bertz CT molecular complexity index is 1070. The molecule has 148 valence electrons. The Balaban J connectivity index is 1.85. The van der Waals surface area contributed by atoms with Gasteiger partial charge in [-0.05, 0) is 37.6 Å². The second-order valence-electron chi connectivity index (χ2n) is 7.21. The third-order valence-corrected chi connectivity index (χ3v) is 4.96. The van der Waals surface area contributed by atoms with Crippen LogP contribution in [0.15, 0.2) is 54.6 Å². The van der Waals surface area contributed by atoms with Crippen molar-refractivity contribution in [1.82, 2.24) is 4.57 Å². The van der Waals surface area contributed by atoms with Crippen LogP contribution in [0.1, 0.15) is 22.4 Å². The fraction of sp³-hybridized carbons (Fsp3) is 0.217. The Morgan fingerprint density at radius 3 is 2.55 bits per heavy atom. The number of quaternary nitrogens is 1. The molecule has 1 aromatic heterocycles. The number of carbonyl (C=O) groups is 1. The Hall–Kier alpha value is -3.43. The Kier molecular flexibility index (Phi) is 6.10. The van der Waals surface area contributed by atoms with E-state index in [1.165, 1.54) is 12.1 Å². The molecule has 0 radical (unpaired) electrons. The summed E-state index contributed by atoms with van der Waals surface area (Å²) >= 11 is 0. The molecule has 0 aliphatic carbocycles. The number of benzene rings is 2. The van der Waals surface area contributed by atoms with E-state index in [1.54, 1.807) is 16.7 Å². The number of rotatable bonds is 6. The lowest BCUT2D eigenvalue weighted by molar-refractivity contribution is -0.885. The zero-order chi connectivity index (χ0) is 21.0. The number of likely N-dealkylation sites (N-methyl/N-ethyl adjacent to an activating group) is 1. The molecule has 0 saturated carbocycles. The molecule has 2 aromatic carbocycles. The predicted molar refractivity (Wildman–Crippen MR) is 110 cm³/mol. The minimum atomic E-state index is -0.379. The van der Waals surface area contributed by atoms with E-state index in [-0.39, 0.29) is 18.3 Å². The first-order chi connectivity index (χ1) is 13.9. The van der Waals surface area contributed by atoms with Gasteiger partial charge in [0.15, 0.2) is 6.54 Å². The zero-order valence-corrected chi connectivity index (χ0v) is 16.8. The van der Waals surface area contributed by atoms with Crippen LogP contribution < -0.4 is 10.2 Å². The maximum atomic E-state index is 13.8. The number of nitrogens with zero attached hydrogens (tertiary/aromatic N) is 2. The average molecular weight is 391 g/mol. The van der Waals surface area contributed by atoms with E-state index in [4.69, 9.17) is 0 Å². The number of nitrogens with one attached hydrogen (secondary N) is 2. The molecule has 0 bridgehead atoms. The van der Waals surface area contributed by atoms with E-state index in [0.29, 0.717) is 23.6 Å². The molecular formula is C23H24FN4O+. The standard InChI is InChI=1S/C23H23FN4O/c1-16-17(2)28(20-11-7-10-19(24)12-20)23(21(16)13-25)26-22(29)15-27(3)14-18-8-5-4-6-9-18/h4-12H,14-15H2,1-3H3,(H,26,29)/p+1. The highest BCUT2D eigenvalue weighted by atomic mass is 19.1. The van der Waals surface area contributed by atoms with E-state index in [9.17, 15) is 14.4 Å². The van der Waals surface area contributed by atoms with Crippen molar-refractivity contribution in [1.29, 1.82) is 5.26 Å². The van der Waals surface area contributed by atoms with Gasteiger partial charge in [0.05, 0.1) is 18.3 Å². The van der Waals surface area contributed by atoms with Gasteiger partial charge in [0.2, 0.25) is 0 Å². The summed E-state index contributed by atoms with van der Waals surface area (Å²) in [5.41, 5.74) is 3.64. The van der Waals surface area contributed by atoms with E-state index < -0.39 is 0 Å². The lowest BCUT2D eigenvalue weighted by Crippen LogP contribution is -3.08. The summed E-state index contributed by atoms with van der Waals surface area (Å²) in [5, 5.41) is 12.5. The first kappa shape index (κ1) is 20.3. The molecule has 3 aromatic rings. The van der Waals surface area contributed by atoms with Gasteiger partial charge < -0.3 is 10.2 Å². The number of nitriles is 1. The molecule has 0 fully saturated rings. The maximum absolute atomic E-state index is 13.8. The minimum Gasteiger partial charge on any atom is -0.326 e. The second-order valence-corrected chi connectivity index (χ2v) is 7.21. The minimum absolute atomic E-state index is 0.204. The van der Waals surface area contributed by atoms with Gasteiger partial charge in [-0.2, -0.15) is 5.26 Å². The molecule has 29 heavy (non-hydrogen) atoms. The molecule has 0 aliphatic rings. The molecule has 1 amide bonds. The van der Waals surface area contributed by atoms with E-state index in [1.807, 2.05) is 51.2 Å². The lowest BCUT2D eigenvalue weighted by Gasteiger charge is -2.16. The van der Waals surface area contributed by atoms with Crippen molar-refractivity contribution in [3.05, 3.63) is 82.8 Å². The molecule has 1 unspecified atom stereocenters. The Labute approximate surface area is 170 Å². The highest BCUT2D eigenvalue weighted by Gasteiger charge is 2.22. The Morgan fingerprint density at radius 1 is 1.17 bits per heavy atom. The number of amides is 1. The fourth-order valence-corrected chi connectivity index (χ4v) is 3.46. The summed E-state index contributed by atoms with van der Waals surface area (Å²) in [5.74, 6) is -0.202. The van der Waals surface area contributed by atoms with Crippen LogP contribution in [0.4, 0.5) is 10.2 Å². The normalized spacial score (nSPS) is 11.7. The van der Waals surface area contributed by atoms with Gasteiger partial charge in [-0.25, -0.2) is 4.39 Å². The van der Waals surface area contributed by atoms with Crippen LogP contribution in [0, 0.1) is 31.0 Å². The molecule has 6 heteroatoms. The van der Waals surface area contributed by atoms with Crippen molar-refractivity contribution in [2.24, 2.45) is 0 Å². The third-order valence-electron chi connectivity index (χ3n) is 4.96. The van der Waals surface area contributed by atoms with Gasteiger partial charge in [-0.1, -0.05) is 36.4 Å². The topological polar surface area (TPSA) is 62.3 Å². The summed E-state index contributed by atoms with van der Waals surface area (Å²) < 4.78 is 15.5. The number of anilines is 1. The van der Waals surface area contributed by atoms with Gasteiger partial charge in [-0.3, -0.25) is 9.36 Å². The van der Waals surface area contributed by atoms with Crippen molar-refractivity contribution < 1.29 is 14.1 Å². The summed E-state index contributed by atoms with van der Waals surface area (Å²) in [7, 11) is 1.94. The zero-order valence-electron chi connectivity index (χ0n) is 16.8. The molecule has 2 N–H and O–H groups in total. The molecular weight excluding hydrogens is 367 g/mol. The highest BCUT2D eigenvalue weighted by molar-refractivity contribution is 5.93. The van der Waals surface area contributed by atoms with Gasteiger partial charge in [-0.15, -0.1) is 0 Å².